The third-order valence-electron chi connectivity index (χ3n) is 5.85. The van der Waals surface area contributed by atoms with Gasteiger partial charge in [-0.2, -0.15) is 0 Å². The van der Waals surface area contributed by atoms with Crippen LogP contribution in [0.25, 0.3) is 0 Å². The Hall–Kier alpha value is -0.910. The first-order chi connectivity index (χ1) is 12.2. The van der Waals surface area contributed by atoms with E-state index in [-0.39, 0.29) is 6.61 Å². The van der Waals surface area contributed by atoms with Gasteiger partial charge in [-0.3, -0.25) is 9.80 Å². The summed E-state index contributed by atoms with van der Waals surface area (Å²) >= 11 is 0. The number of aromatic nitrogens is 2. The van der Waals surface area contributed by atoms with Gasteiger partial charge in [0.15, 0.2) is 0 Å². The smallest absolute Gasteiger partial charge is 0.0951 e. The van der Waals surface area contributed by atoms with Crippen LogP contribution in [0.1, 0.15) is 64.1 Å². The molecule has 3 rings (SSSR count). The Morgan fingerprint density at radius 1 is 1.20 bits per heavy atom. The van der Waals surface area contributed by atoms with Gasteiger partial charge in [0.1, 0.15) is 0 Å². The van der Waals surface area contributed by atoms with Gasteiger partial charge in [0.25, 0.3) is 0 Å². The van der Waals surface area contributed by atoms with Crippen molar-refractivity contribution in [2.24, 2.45) is 5.92 Å². The van der Waals surface area contributed by atoms with Gasteiger partial charge in [0.2, 0.25) is 0 Å². The molecular formula is C20H36N4O. The highest BCUT2D eigenvalue weighted by Gasteiger charge is 2.28. The van der Waals surface area contributed by atoms with Gasteiger partial charge in [0, 0.05) is 57.6 Å². The molecular weight excluding hydrogens is 312 g/mol. The summed E-state index contributed by atoms with van der Waals surface area (Å²) in [5, 5.41) is 9.47. The van der Waals surface area contributed by atoms with Crippen LogP contribution in [0.4, 0.5) is 0 Å². The van der Waals surface area contributed by atoms with Gasteiger partial charge in [-0.15, -0.1) is 0 Å². The predicted octanol–water partition coefficient (Wildman–Crippen LogP) is 2.91. The van der Waals surface area contributed by atoms with E-state index in [1.165, 1.54) is 37.8 Å². The standard InChI is InChI=1S/C20H36N4O/c1-17(2)13-23-10-9-22(14-19(23)8-11-25)15-20-12-21-16-24(20)18-6-4-3-5-7-18/h12,16-19,25H,3-11,13-15H2,1-2H3/t19-/m0/s1. The molecule has 0 radical (unpaired) electrons. The third-order valence-corrected chi connectivity index (χ3v) is 5.85. The number of aliphatic hydroxyl groups is 1. The normalized spacial score (nSPS) is 24.2. The second-order valence-corrected chi connectivity index (χ2v) is 8.37. The van der Waals surface area contributed by atoms with Crippen LogP contribution in [0.2, 0.25) is 0 Å². The largest absolute Gasteiger partial charge is 0.396 e. The number of hydrogen-bond donors (Lipinski definition) is 1. The first-order valence-electron chi connectivity index (χ1n) is 10.3. The van der Waals surface area contributed by atoms with Crippen LogP contribution < -0.4 is 0 Å². The Kier molecular flexibility index (Phi) is 6.91. The molecule has 1 saturated carbocycles. The second kappa shape index (κ2) is 9.15. The zero-order valence-corrected chi connectivity index (χ0v) is 16.1. The van der Waals surface area contributed by atoms with E-state index in [1.54, 1.807) is 0 Å². The van der Waals surface area contributed by atoms with Crippen LogP contribution in [0, 0.1) is 5.92 Å². The van der Waals surface area contributed by atoms with E-state index >= 15 is 0 Å². The second-order valence-electron chi connectivity index (χ2n) is 8.37. The Morgan fingerprint density at radius 3 is 2.72 bits per heavy atom. The van der Waals surface area contributed by atoms with Crippen LogP contribution in [0.15, 0.2) is 12.5 Å². The molecule has 1 N–H and O–H groups in total. The van der Waals surface area contributed by atoms with Crippen molar-refractivity contribution < 1.29 is 5.11 Å². The van der Waals surface area contributed by atoms with Crippen molar-refractivity contribution in [2.45, 2.75) is 71.0 Å². The molecule has 5 heteroatoms. The maximum absolute atomic E-state index is 9.47. The number of hydrogen-bond acceptors (Lipinski definition) is 4. The molecule has 1 atom stereocenters. The average Bonchev–Trinajstić information content (AvgIpc) is 3.06. The molecule has 2 heterocycles. The average molecular weight is 349 g/mol. The molecule has 0 unspecified atom stereocenters. The molecule has 1 aromatic rings. The minimum Gasteiger partial charge on any atom is -0.396 e. The number of imidazole rings is 1. The van der Waals surface area contributed by atoms with Crippen molar-refractivity contribution in [1.29, 1.82) is 0 Å². The van der Waals surface area contributed by atoms with Gasteiger partial charge in [-0.05, 0) is 25.2 Å². The highest BCUT2D eigenvalue weighted by Crippen LogP contribution is 2.29. The summed E-state index contributed by atoms with van der Waals surface area (Å²) in [6.07, 6.45) is 11.7. The molecule has 0 bridgehead atoms. The van der Waals surface area contributed by atoms with Crippen molar-refractivity contribution in [3.8, 4) is 0 Å². The first kappa shape index (κ1) is 18.9. The van der Waals surface area contributed by atoms with E-state index in [2.05, 4.69) is 39.4 Å². The summed E-state index contributed by atoms with van der Waals surface area (Å²) in [5.41, 5.74) is 1.37. The third kappa shape index (κ3) is 5.05. The number of aliphatic hydroxyl groups excluding tert-OH is 1. The maximum Gasteiger partial charge on any atom is 0.0951 e. The van der Waals surface area contributed by atoms with Crippen molar-refractivity contribution in [3.63, 3.8) is 0 Å². The SMILES string of the molecule is CC(C)CN1CCN(Cc2cncn2C2CCCCC2)C[C@@H]1CCO. The lowest BCUT2D eigenvalue weighted by Gasteiger charge is -2.42. The van der Waals surface area contributed by atoms with Crippen LogP contribution in [-0.4, -0.2) is 63.3 Å². The van der Waals surface area contributed by atoms with Crippen molar-refractivity contribution in [3.05, 3.63) is 18.2 Å². The molecule has 1 saturated heterocycles. The Labute approximate surface area is 153 Å². The van der Waals surface area contributed by atoms with E-state index in [0.717, 1.165) is 39.1 Å². The molecule has 5 nitrogen and oxygen atoms in total. The van der Waals surface area contributed by atoms with Crippen LogP contribution >= 0.6 is 0 Å². The van der Waals surface area contributed by atoms with Gasteiger partial charge in [-0.1, -0.05) is 33.1 Å². The van der Waals surface area contributed by atoms with Crippen molar-refractivity contribution >= 4 is 0 Å². The van der Waals surface area contributed by atoms with Crippen molar-refractivity contribution in [1.82, 2.24) is 19.4 Å². The quantitative estimate of drug-likeness (QED) is 0.823. The zero-order valence-electron chi connectivity index (χ0n) is 16.1. The van der Waals surface area contributed by atoms with E-state index in [1.807, 2.05) is 6.33 Å². The van der Waals surface area contributed by atoms with Crippen LogP contribution in [0.5, 0.6) is 0 Å². The Balaban J connectivity index is 1.61. The molecule has 1 aromatic heterocycles. The summed E-state index contributed by atoms with van der Waals surface area (Å²) in [6, 6.07) is 1.13. The summed E-state index contributed by atoms with van der Waals surface area (Å²) in [7, 11) is 0. The Morgan fingerprint density at radius 2 is 2.00 bits per heavy atom. The van der Waals surface area contributed by atoms with E-state index < -0.39 is 0 Å². The molecule has 1 aliphatic carbocycles. The highest BCUT2D eigenvalue weighted by molar-refractivity contribution is 5.02. The van der Waals surface area contributed by atoms with Gasteiger partial charge in [0.05, 0.1) is 12.0 Å². The first-order valence-corrected chi connectivity index (χ1v) is 10.3. The highest BCUT2D eigenvalue weighted by atomic mass is 16.3. The summed E-state index contributed by atoms with van der Waals surface area (Å²) in [4.78, 5) is 9.60. The topological polar surface area (TPSA) is 44.5 Å². The summed E-state index contributed by atoms with van der Waals surface area (Å²) in [5.74, 6) is 0.681. The van der Waals surface area contributed by atoms with Gasteiger partial charge < -0.3 is 9.67 Å². The number of rotatable bonds is 7. The summed E-state index contributed by atoms with van der Waals surface area (Å²) in [6.45, 7) is 10.3. The molecule has 0 spiro atoms. The monoisotopic (exact) mass is 348 g/mol. The van der Waals surface area contributed by atoms with Crippen LogP contribution in [-0.2, 0) is 6.54 Å². The Bertz CT molecular complexity index is 510. The molecule has 1 aliphatic heterocycles. The molecule has 0 amide bonds. The molecule has 2 aliphatic rings. The number of piperazine rings is 1. The van der Waals surface area contributed by atoms with E-state index in [0.29, 0.717) is 18.0 Å². The lowest BCUT2D eigenvalue weighted by Crippen LogP contribution is -2.54. The van der Waals surface area contributed by atoms with E-state index in [9.17, 15) is 5.11 Å². The number of nitrogens with zero attached hydrogens (tertiary/aromatic N) is 4. The fraction of sp³-hybridized carbons (Fsp3) is 0.850. The fourth-order valence-electron chi connectivity index (χ4n) is 4.60. The van der Waals surface area contributed by atoms with Gasteiger partial charge >= 0.3 is 0 Å². The molecule has 142 valence electrons. The lowest BCUT2D eigenvalue weighted by molar-refractivity contribution is 0.0463. The molecule has 25 heavy (non-hydrogen) atoms. The fourth-order valence-corrected chi connectivity index (χ4v) is 4.60. The lowest BCUT2D eigenvalue weighted by atomic mass is 9.95. The van der Waals surface area contributed by atoms with Crippen molar-refractivity contribution in [2.75, 3.05) is 32.8 Å². The summed E-state index contributed by atoms with van der Waals surface area (Å²) < 4.78 is 2.45. The minimum absolute atomic E-state index is 0.285. The molecule has 0 aromatic carbocycles. The minimum atomic E-state index is 0.285. The van der Waals surface area contributed by atoms with E-state index in [4.69, 9.17) is 0 Å². The zero-order chi connectivity index (χ0) is 17.6. The molecule has 2 fully saturated rings. The van der Waals surface area contributed by atoms with Crippen LogP contribution in [0.3, 0.4) is 0 Å². The van der Waals surface area contributed by atoms with Gasteiger partial charge in [-0.25, -0.2) is 4.98 Å². The maximum atomic E-state index is 9.47. The predicted molar refractivity (Wildman–Crippen MR) is 102 cm³/mol.